The molecule has 0 bridgehead atoms. The maximum Gasteiger partial charge on any atom is 0.253 e. The molecule has 1 atom stereocenters. The maximum atomic E-state index is 12.2. The quantitative estimate of drug-likeness (QED) is 0.746. The lowest BCUT2D eigenvalue weighted by Gasteiger charge is -2.26. The van der Waals surface area contributed by atoms with Crippen molar-refractivity contribution in [3.63, 3.8) is 0 Å². The number of alkyl halides is 2. The zero-order chi connectivity index (χ0) is 11.3. The second-order valence-corrected chi connectivity index (χ2v) is 4.99. The van der Waals surface area contributed by atoms with Crippen LogP contribution in [0.1, 0.15) is 46.0 Å². The fraction of sp³-hybridized carbons (Fsp3) is 1.00. The minimum Gasteiger partial charge on any atom is -0.309 e. The molecular formula is C12H23F2N. The first-order chi connectivity index (χ1) is 7.09. The second-order valence-electron chi connectivity index (χ2n) is 4.99. The van der Waals surface area contributed by atoms with Gasteiger partial charge in [-0.2, -0.15) is 0 Å². The van der Waals surface area contributed by atoms with Gasteiger partial charge >= 0.3 is 0 Å². The molecule has 3 heteroatoms. The van der Waals surface area contributed by atoms with E-state index < -0.39 is 12.5 Å². The third kappa shape index (κ3) is 4.92. The molecule has 1 saturated carbocycles. The van der Waals surface area contributed by atoms with Gasteiger partial charge in [-0.3, -0.25) is 0 Å². The molecular weight excluding hydrogens is 196 g/mol. The van der Waals surface area contributed by atoms with Crippen molar-refractivity contribution >= 4 is 0 Å². The van der Waals surface area contributed by atoms with E-state index in [4.69, 9.17) is 0 Å². The smallest absolute Gasteiger partial charge is 0.253 e. The largest absolute Gasteiger partial charge is 0.309 e. The molecule has 1 aliphatic rings. The summed E-state index contributed by atoms with van der Waals surface area (Å²) in [5.74, 6) is 1.63. The zero-order valence-corrected chi connectivity index (χ0v) is 9.81. The van der Waals surface area contributed by atoms with Gasteiger partial charge in [0.25, 0.3) is 6.43 Å². The van der Waals surface area contributed by atoms with Gasteiger partial charge in [-0.1, -0.05) is 32.6 Å². The SMILES string of the molecule is CC1CCC(CCNC(C)C(F)F)CC1. The maximum absolute atomic E-state index is 12.2. The van der Waals surface area contributed by atoms with Crippen LogP contribution in [-0.2, 0) is 0 Å². The van der Waals surface area contributed by atoms with Gasteiger partial charge in [0.2, 0.25) is 0 Å². The highest BCUT2D eigenvalue weighted by molar-refractivity contribution is 4.72. The van der Waals surface area contributed by atoms with Crippen molar-refractivity contribution in [3.8, 4) is 0 Å². The van der Waals surface area contributed by atoms with Crippen LogP contribution in [0.25, 0.3) is 0 Å². The molecule has 1 rings (SSSR count). The molecule has 0 amide bonds. The Bertz CT molecular complexity index is 165. The molecule has 1 unspecified atom stereocenters. The summed E-state index contributed by atoms with van der Waals surface area (Å²) < 4.78 is 24.4. The van der Waals surface area contributed by atoms with Gasteiger partial charge in [-0.25, -0.2) is 8.78 Å². The van der Waals surface area contributed by atoms with Gasteiger partial charge in [0.15, 0.2) is 0 Å². The molecule has 0 spiro atoms. The summed E-state index contributed by atoms with van der Waals surface area (Å²) in [6, 6.07) is -0.660. The van der Waals surface area contributed by atoms with Crippen LogP contribution in [-0.4, -0.2) is 19.0 Å². The Morgan fingerprint density at radius 1 is 1.20 bits per heavy atom. The Morgan fingerprint density at radius 2 is 1.80 bits per heavy atom. The average Bonchev–Trinajstić information content (AvgIpc) is 2.20. The fourth-order valence-electron chi connectivity index (χ4n) is 2.22. The van der Waals surface area contributed by atoms with Crippen molar-refractivity contribution in [3.05, 3.63) is 0 Å². The Labute approximate surface area is 91.6 Å². The average molecular weight is 219 g/mol. The first kappa shape index (κ1) is 12.9. The Balaban J connectivity index is 2.05. The molecule has 0 saturated heterocycles. The molecule has 90 valence electrons. The summed E-state index contributed by atoms with van der Waals surface area (Å²) in [5.41, 5.74) is 0. The molecule has 0 aromatic carbocycles. The van der Waals surface area contributed by atoms with E-state index in [1.807, 2.05) is 0 Å². The van der Waals surface area contributed by atoms with Crippen LogP contribution in [0.5, 0.6) is 0 Å². The lowest BCUT2D eigenvalue weighted by atomic mass is 9.81. The van der Waals surface area contributed by atoms with Crippen LogP contribution in [0.15, 0.2) is 0 Å². The topological polar surface area (TPSA) is 12.0 Å². The van der Waals surface area contributed by atoms with Gasteiger partial charge in [0, 0.05) is 0 Å². The van der Waals surface area contributed by atoms with Gasteiger partial charge in [0.05, 0.1) is 6.04 Å². The molecule has 0 aromatic heterocycles. The first-order valence-electron chi connectivity index (χ1n) is 6.11. The molecule has 1 nitrogen and oxygen atoms in total. The normalized spacial score (nSPS) is 29.4. The first-order valence-corrected chi connectivity index (χ1v) is 6.11. The van der Waals surface area contributed by atoms with Gasteiger partial charge in [-0.05, 0) is 31.7 Å². The monoisotopic (exact) mass is 219 g/mol. The van der Waals surface area contributed by atoms with Crippen LogP contribution >= 0.6 is 0 Å². The molecule has 1 aliphatic carbocycles. The van der Waals surface area contributed by atoms with Gasteiger partial charge in [0.1, 0.15) is 0 Å². The van der Waals surface area contributed by atoms with Gasteiger partial charge in [-0.15, -0.1) is 0 Å². The summed E-state index contributed by atoms with van der Waals surface area (Å²) in [6.45, 7) is 4.59. The lowest BCUT2D eigenvalue weighted by Crippen LogP contribution is -2.34. The number of halogens is 2. The van der Waals surface area contributed by atoms with E-state index in [1.165, 1.54) is 25.7 Å². The minimum atomic E-state index is -2.24. The highest BCUT2D eigenvalue weighted by Crippen LogP contribution is 2.29. The van der Waals surface area contributed by atoms with E-state index in [2.05, 4.69) is 12.2 Å². The molecule has 0 aliphatic heterocycles. The van der Waals surface area contributed by atoms with E-state index in [0.29, 0.717) is 0 Å². The van der Waals surface area contributed by atoms with Crippen molar-refractivity contribution in [1.82, 2.24) is 5.32 Å². The molecule has 1 N–H and O–H groups in total. The van der Waals surface area contributed by atoms with E-state index in [9.17, 15) is 8.78 Å². The van der Waals surface area contributed by atoms with E-state index in [0.717, 1.165) is 24.8 Å². The van der Waals surface area contributed by atoms with Gasteiger partial charge < -0.3 is 5.32 Å². The summed E-state index contributed by atoms with van der Waals surface area (Å²) in [6.07, 6.45) is 4.02. The Kier molecular flexibility index (Phi) is 5.51. The second kappa shape index (κ2) is 6.41. The summed E-state index contributed by atoms with van der Waals surface area (Å²) in [7, 11) is 0. The van der Waals surface area contributed by atoms with Crippen molar-refractivity contribution in [2.75, 3.05) is 6.54 Å². The van der Waals surface area contributed by atoms with Crippen molar-refractivity contribution in [2.45, 2.75) is 58.4 Å². The zero-order valence-electron chi connectivity index (χ0n) is 9.81. The highest BCUT2D eigenvalue weighted by Gasteiger charge is 2.19. The third-order valence-corrected chi connectivity index (χ3v) is 3.53. The van der Waals surface area contributed by atoms with E-state index in [-0.39, 0.29) is 0 Å². The van der Waals surface area contributed by atoms with Crippen molar-refractivity contribution < 1.29 is 8.78 Å². The highest BCUT2D eigenvalue weighted by atomic mass is 19.3. The van der Waals surface area contributed by atoms with Crippen LogP contribution < -0.4 is 5.32 Å². The van der Waals surface area contributed by atoms with E-state index in [1.54, 1.807) is 6.92 Å². The summed E-state index contributed by atoms with van der Waals surface area (Å²) in [4.78, 5) is 0. The number of hydrogen-bond donors (Lipinski definition) is 1. The number of rotatable bonds is 5. The fourth-order valence-corrected chi connectivity index (χ4v) is 2.22. The van der Waals surface area contributed by atoms with E-state index >= 15 is 0 Å². The Morgan fingerprint density at radius 3 is 2.33 bits per heavy atom. The lowest BCUT2D eigenvalue weighted by molar-refractivity contribution is 0.105. The van der Waals surface area contributed by atoms with Crippen LogP contribution in [0.2, 0.25) is 0 Å². The molecule has 15 heavy (non-hydrogen) atoms. The molecule has 0 aromatic rings. The van der Waals surface area contributed by atoms with Crippen LogP contribution in [0.4, 0.5) is 8.78 Å². The summed E-state index contributed by atoms with van der Waals surface area (Å²) >= 11 is 0. The van der Waals surface area contributed by atoms with Crippen molar-refractivity contribution in [2.24, 2.45) is 11.8 Å². The molecule has 0 heterocycles. The van der Waals surface area contributed by atoms with Crippen molar-refractivity contribution in [1.29, 1.82) is 0 Å². The number of nitrogens with one attached hydrogen (secondary N) is 1. The Hall–Kier alpha value is -0.180. The molecule has 0 radical (unpaired) electrons. The predicted octanol–water partition coefficient (Wildman–Crippen LogP) is 3.45. The number of hydrogen-bond acceptors (Lipinski definition) is 1. The minimum absolute atomic E-state index is 0.660. The van der Waals surface area contributed by atoms with Crippen LogP contribution in [0.3, 0.4) is 0 Å². The third-order valence-electron chi connectivity index (χ3n) is 3.53. The van der Waals surface area contributed by atoms with Crippen LogP contribution in [0, 0.1) is 11.8 Å². The molecule has 1 fully saturated rings. The summed E-state index contributed by atoms with van der Waals surface area (Å²) in [5, 5.41) is 2.89. The standard InChI is InChI=1S/C12H23F2N/c1-9-3-5-11(6-4-9)7-8-15-10(2)12(13)14/h9-12,15H,3-8H2,1-2H3. The predicted molar refractivity (Wildman–Crippen MR) is 59.2 cm³/mol.